The number of rotatable bonds is 8. The van der Waals surface area contributed by atoms with Crippen LogP contribution in [0.5, 0.6) is 0 Å². The van der Waals surface area contributed by atoms with Crippen LogP contribution in [0.3, 0.4) is 0 Å². The fourth-order valence-corrected chi connectivity index (χ4v) is 5.20. The van der Waals surface area contributed by atoms with Crippen LogP contribution in [0.15, 0.2) is 51.7 Å². The number of alkyl halides is 3. The van der Waals surface area contributed by atoms with Gasteiger partial charge < -0.3 is 5.32 Å². The summed E-state index contributed by atoms with van der Waals surface area (Å²) >= 11 is 7.81. The number of nitrogens with zero attached hydrogens (tertiary/aromatic N) is 3. The molecule has 16 heteroatoms. The van der Waals surface area contributed by atoms with Gasteiger partial charge in [-0.3, -0.25) is 14.9 Å². The van der Waals surface area contributed by atoms with E-state index in [0.717, 1.165) is 45.6 Å². The number of halogens is 4. The molecule has 0 aliphatic rings. The van der Waals surface area contributed by atoms with Gasteiger partial charge in [0.1, 0.15) is 0 Å². The smallest absolute Gasteiger partial charge is 0.324 e. The van der Waals surface area contributed by atoms with Crippen LogP contribution in [0, 0.1) is 0 Å². The molecule has 0 aliphatic carbocycles. The molecule has 3 rings (SSSR count). The van der Waals surface area contributed by atoms with E-state index in [0.29, 0.717) is 4.34 Å². The van der Waals surface area contributed by atoms with Crippen LogP contribution in [0.1, 0.15) is 15.9 Å². The molecule has 9 nitrogen and oxygen atoms in total. The van der Waals surface area contributed by atoms with Crippen LogP contribution in [0.25, 0.3) is 0 Å². The SMILES string of the molecule is CN(C)S(=O)(=O)c1ccc(C(=O)Nc2nnc(SCC(=O)Nc3cc(C(F)(F)F)ccc3Cl)s2)cc1. The highest BCUT2D eigenvalue weighted by Crippen LogP contribution is 2.34. The van der Waals surface area contributed by atoms with Gasteiger partial charge in [-0.1, -0.05) is 34.7 Å². The van der Waals surface area contributed by atoms with Gasteiger partial charge in [0.2, 0.25) is 21.1 Å². The molecule has 0 unspecified atom stereocenters. The van der Waals surface area contributed by atoms with E-state index in [-0.39, 0.29) is 32.1 Å². The van der Waals surface area contributed by atoms with Gasteiger partial charge in [-0.05, 0) is 42.5 Å². The number of aromatic nitrogens is 2. The summed E-state index contributed by atoms with van der Waals surface area (Å²) < 4.78 is 64.2. The number of nitrogens with one attached hydrogen (secondary N) is 2. The maximum absolute atomic E-state index is 12.9. The van der Waals surface area contributed by atoms with Gasteiger partial charge in [0.05, 0.1) is 26.9 Å². The molecule has 2 aromatic carbocycles. The van der Waals surface area contributed by atoms with E-state index in [9.17, 15) is 31.2 Å². The standard InChI is InChI=1S/C20H17ClF3N5O4S3/c1-29(2)36(32,33)13-6-3-11(4-7-13)17(31)26-18-27-28-19(35-18)34-10-16(30)25-15-9-12(20(22,23)24)5-8-14(15)21/h3-9H,10H2,1-2H3,(H,25,30)(H,26,27,31). The lowest BCUT2D eigenvalue weighted by Crippen LogP contribution is -2.22. The summed E-state index contributed by atoms with van der Waals surface area (Å²) in [5.41, 5.74) is -0.936. The summed E-state index contributed by atoms with van der Waals surface area (Å²) in [6, 6.07) is 7.91. The van der Waals surface area contributed by atoms with Crippen LogP contribution in [-0.2, 0) is 21.0 Å². The molecule has 0 bridgehead atoms. The number of hydrogen-bond acceptors (Lipinski definition) is 8. The fraction of sp³-hybridized carbons (Fsp3) is 0.200. The normalized spacial score (nSPS) is 12.0. The Morgan fingerprint density at radius 2 is 1.75 bits per heavy atom. The molecule has 0 atom stereocenters. The molecular weight excluding hydrogens is 563 g/mol. The Bertz CT molecular complexity index is 1380. The van der Waals surface area contributed by atoms with E-state index < -0.39 is 33.6 Å². The summed E-state index contributed by atoms with van der Waals surface area (Å²) in [4.78, 5) is 24.6. The van der Waals surface area contributed by atoms with E-state index in [4.69, 9.17) is 11.6 Å². The maximum atomic E-state index is 12.9. The van der Waals surface area contributed by atoms with Crippen molar-refractivity contribution in [2.75, 3.05) is 30.5 Å². The second-order valence-electron chi connectivity index (χ2n) is 7.17. The van der Waals surface area contributed by atoms with Gasteiger partial charge >= 0.3 is 6.18 Å². The Morgan fingerprint density at radius 1 is 1.08 bits per heavy atom. The number of sulfonamides is 1. The van der Waals surface area contributed by atoms with Crippen LogP contribution < -0.4 is 10.6 Å². The number of carbonyl (C=O) groups is 2. The Balaban J connectivity index is 1.56. The molecule has 0 spiro atoms. The zero-order valence-corrected chi connectivity index (χ0v) is 21.7. The molecule has 1 heterocycles. The van der Waals surface area contributed by atoms with E-state index in [2.05, 4.69) is 20.8 Å². The summed E-state index contributed by atoms with van der Waals surface area (Å²) in [5.74, 6) is -1.36. The van der Waals surface area contributed by atoms with E-state index >= 15 is 0 Å². The number of amides is 2. The van der Waals surface area contributed by atoms with Crippen molar-refractivity contribution in [3.63, 3.8) is 0 Å². The number of thioether (sulfide) groups is 1. The molecule has 2 N–H and O–H groups in total. The van der Waals surface area contributed by atoms with Gasteiger partial charge in [0.15, 0.2) is 4.34 Å². The second kappa shape index (κ2) is 11.1. The quantitative estimate of drug-likeness (QED) is 0.299. The Kier molecular flexibility index (Phi) is 8.61. The maximum Gasteiger partial charge on any atom is 0.416 e. The molecule has 192 valence electrons. The molecule has 3 aromatic rings. The van der Waals surface area contributed by atoms with E-state index in [1.807, 2.05) is 0 Å². The van der Waals surface area contributed by atoms with E-state index in [1.165, 1.54) is 38.4 Å². The lowest BCUT2D eigenvalue weighted by atomic mass is 10.2. The predicted molar refractivity (Wildman–Crippen MR) is 131 cm³/mol. The van der Waals surface area contributed by atoms with Crippen molar-refractivity contribution in [2.45, 2.75) is 15.4 Å². The zero-order chi connectivity index (χ0) is 26.7. The minimum absolute atomic E-state index is 0.0309. The molecule has 0 fully saturated rings. The summed E-state index contributed by atoms with van der Waals surface area (Å²) in [5, 5.41) is 12.6. The highest BCUT2D eigenvalue weighted by Gasteiger charge is 2.31. The molecule has 0 saturated heterocycles. The van der Waals surface area contributed by atoms with Crippen LogP contribution in [0.4, 0.5) is 24.0 Å². The summed E-state index contributed by atoms with van der Waals surface area (Å²) in [7, 11) is -0.843. The average molecular weight is 580 g/mol. The largest absolute Gasteiger partial charge is 0.416 e. The van der Waals surface area contributed by atoms with Crippen molar-refractivity contribution in [3.8, 4) is 0 Å². The van der Waals surface area contributed by atoms with Gasteiger partial charge in [-0.25, -0.2) is 12.7 Å². The first-order chi connectivity index (χ1) is 16.8. The van der Waals surface area contributed by atoms with Gasteiger partial charge in [-0.2, -0.15) is 13.2 Å². The summed E-state index contributed by atoms with van der Waals surface area (Å²) in [6.07, 6.45) is -4.59. The van der Waals surface area contributed by atoms with Crippen LogP contribution in [-0.4, -0.2) is 54.6 Å². The molecule has 36 heavy (non-hydrogen) atoms. The second-order valence-corrected chi connectivity index (χ2v) is 11.9. The highest BCUT2D eigenvalue weighted by molar-refractivity contribution is 8.01. The molecule has 0 radical (unpaired) electrons. The van der Waals surface area contributed by atoms with Gasteiger partial charge in [0.25, 0.3) is 5.91 Å². The number of anilines is 2. The molecular formula is C20H17ClF3N5O4S3. The zero-order valence-electron chi connectivity index (χ0n) is 18.5. The van der Waals surface area contributed by atoms with Gasteiger partial charge in [0, 0.05) is 19.7 Å². The average Bonchev–Trinajstić information content (AvgIpc) is 3.25. The Labute approximate surface area is 217 Å². The van der Waals surface area contributed by atoms with Crippen LogP contribution >= 0.6 is 34.7 Å². The monoisotopic (exact) mass is 579 g/mol. The van der Waals surface area contributed by atoms with Crippen molar-refractivity contribution in [1.29, 1.82) is 0 Å². The van der Waals surface area contributed by atoms with Crippen molar-refractivity contribution in [3.05, 3.63) is 58.6 Å². The lowest BCUT2D eigenvalue weighted by Gasteiger charge is -2.11. The first-order valence-corrected chi connectivity index (χ1v) is 13.4. The number of hydrogen-bond donors (Lipinski definition) is 2. The van der Waals surface area contributed by atoms with Crippen molar-refractivity contribution >= 4 is 67.4 Å². The predicted octanol–water partition coefficient (Wildman–Crippen LogP) is 4.44. The Hall–Kier alpha value is -2.72. The van der Waals surface area contributed by atoms with Crippen LogP contribution in [0.2, 0.25) is 5.02 Å². The third kappa shape index (κ3) is 6.94. The molecule has 2 amide bonds. The number of carbonyl (C=O) groups excluding carboxylic acids is 2. The summed E-state index contributed by atoms with van der Waals surface area (Å²) in [6.45, 7) is 0. The Morgan fingerprint density at radius 3 is 2.36 bits per heavy atom. The topological polar surface area (TPSA) is 121 Å². The molecule has 0 aliphatic heterocycles. The first-order valence-electron chi connectivity index (χ1n) is 9.74. The van der Waals surface area contributed by atoms with Crippen molar-refractivity contribution in [2.24, 2.45) is 0 Å². The molecule has 1 aromatic heterocycles. The molecule has 0 saturated carbocycles. The van der Waals surface area contributed by atoms with Crippen molar-refractivity contribution in [1.82, 2.24) is 14.5 Å². The van der Waals surface area contributed by atoms with Gasteiger partial charge in [-0.15, -0.1) is 10.2 Å². The first kappa shape index (κ1) is 27.9. The minimum atomic E-state index is -4.59. The minimum Gasteiger partial charge on any atom is -0.324 e. The van der Waals surface area contributed by atoms with Crippen molar-refractivity contribution < 1.29 is 31.2 Å². The third-order valence-corrected chi connectivity index (χ3v) is 8.55. The lowest BCUT2D eigenvalue weighted by molar-refractivity contribution is -0.137. The third-order valence-electron chi connectivity index (χ3n) is 4.42. The van der Waals surface area contributed by atoms with E-state index in [1.54, 1.807) is 0 Å². The fourth-order valence-electron chi connectivity index (χ4n) is 2.59. The highest BCUT2D eigenvalue weighted by atomic mass is 35.5. The number of benzene rings is 2.